The van der Waals surface area contributed by atoms with E-state index in [-0.39, 0.29) is 11.4 Å². The molecule has 1 aromatic heterocycles. The summed E-state index contributed by atoms with van der Waals surface area (Å²) in [4.78, 5) is 18.0. The average molecular weight is 401 g/mol. The highest BCUT2D eigenvalue weighted by Gasteiger charge is 2.47. The number of piperidine rings is 1. The lowest BCUT2D eigenvalue weighted by atomic mass is 9.74. The molecule has 0 atom stereocenters. The normalized spacial score (nSPS) is 18.3. The number of furan rings is 1. The Morgan fingerprint density at radius 1 is 0.900 bits per heavy atom. The van der Waals surface area contributed by atoms with Gasteiger partial charge in [0.1, 0.15) is 0 Å². The maximum atomic E-state index is 13.4. The maximum absolute atomic E-state index is 13.4. The molecule has 4 heteroatoms. The third kappa shape index (κ3) is 3.46. The zero-order valence-corrected chi connectivity index (χ0v) is 17.3. The van der Waals surface area contributed by atoms with E-state index in [4.69, 9.17) is 4.42 Å². The lowest BCUT2D eigenvalue weighted by Crippen LogP contribution is -2.58. The van der Waals surface area contributed by atoms with Crippen LogP contribution in [0, 0.1) is 0 Å². The van der Waals surface area contributed by atoms with E-state index in [9.17, 15) is 4.79 Å². The number of hydrogen-bond acceptors (Lipinski definition) is 3. The first-order valence-corrected chi connectivity index (χ1v) is 11.0. The first-order chi connectivity index (χ1) is 14.8. The standard InChI is InChI=1S/C26H28N2O2/c29-25(24-11-6-20-30-24)28-17-13-22-9-4-5-10-23(22)26(28)14-18-27(19-15-26)16-12-21-7-2-1-3-8-21/h1-11,20H,12-19H2. The number of carbonyl (C=O) groups is 1. The number of rotatable bonds is 4. The predicted molar refractivity (Wildman–Crippen MR) is 117 cm³/mol. The Morgan fingerprint density at radius 3 is 2.43 bits per heavy atom. The van der Waals surface area contributed by atoms with Crippen LogP contribution in [0.15, 0.2) is 77.4 Å². The minimum Gasteiger partial charge on any atom is -0.459 e. The molecule has 0 aliphatic carbocycles. The van der Waals surface area contributed by atoms with Gasteiger partial charge in [-0.2, -0.15) is 0 Å². The summed E-state index contributed by atoms with van der Waals surface area (Å²) in [6.07, 6.45) is 5.49. The van der Waals surface area contributed by atoms with Crippen molar-refractivity contribution in [2.75, 3.05) is 26.2 Å². The Balaban J connectivity index is 1.37. The highest BCUT2D eigenvalue weighted by atomic mass is 16.3. The summed E-state index contributed by atoms with van der Waals surface area (Å²) in [7, 11) is 0. The minimum atomic E-state index is -0.234. The molecule has 1 fully saturated rings. The molecule has 30 heavy (non-hydrogen) atoms. The minimum absolute atomic E-state index is 0.0206. The van der Waals surface area contributed by atoms with Gasteiger partial charge in [0.2, 0.25) is 0 Å². The van der Waals surface area contributed by atoms with Gasteiger partial charge in [-0.25, -0.2) is 0 Å². The summed E-state index contributed by atoms with van der Waals surface area (Å²) in [5.41, 5.74) is 3.87. The molecule has 2 aliphatic heterocycles. The number of carbonyl (C=O) groups excluding carboxylic acids is 1. The van der Waals surface area contributed by atoms with Crippen LogP contribution in [0.2, 0.25) is 0 Å². The average Bonchev–Trinajstić information content (AvgIpc) is 3.35. The molecule has 0 radical (unpaired) electrons. The van der Waals surface area contributed by atoms with Crippen LogP contribution >= 0.6 is 0 Å². The molecule has 2 aliphatic rings. The van der Waals surface area contributed by atoms with Gasteiger partial charge in [0.25, 0.3) is 5.91 Å². The highest BCUT2D eigenvalue weighted by molar-refractivity contribution is 5.92. The van der Waals surface area contributed by atoms with Crippen LogP contribution in [-0.4, -0.2) is 41.9 Å². The summed E-state index contributed by atoms with van der Waals surface area (Å²) in [5.74, 6) is 0.465. The van der Waals surface area contributed by atoms with E-state index < -0.39 is 0 Å². The Kier molecular flexibility index (Phi) is 5.17. The third-order valence-corrected chi connectivity index (χ3v) is 6.86. The van der Waals surface area contributed by atoms with Gasteiger partial charge in [0, 0.05) is 26.2 Å². The van der Waals surface area contributed by atoms with Gasteiger partial charge in [-0.3, -0.25) is 4.79 Å². The molecule has 3 heterocycles. The molecule has 5 rings (SSSR count). The quantitative estimate of drug-likeness (QED) is 0.646. The molecule has 0 unspecified atom stereocenters. The molecule has 0 saturated carbocycles. The zero-order valence-electron chi connectivity index (χ0n) is 17.3. The van der Waals surface area contributed by atoms with E-state index in [1.807, 2.05) is 0 Å². The molecule has 4 nitrogen and oxygen atoms in total. The van der Waals surface area contributed by atoms with Gasteiger partial charge in [-0.05, 0) is 54.5 Å². The van der Waals surface area contributed by atoms with E-state index in [1.165, 1.54) is 16.7 Å². The van der Waals surface area contributed by atoms with Crippen molar-refractivity contribution < 1.29 is 9.21 Å². The number of nitrogens with zero attached hydrogens (tertiary/aromatic N) is 2. The zero-order chi connectivity index (χ0) is 20.4. The van der Waals surface area contributed by atoms with Gasteiger partial charge < -0.3 is 14.2 Å². The summed E-state index contributed by atoms with van der Waals surface area (Å²) < 4.78 is 5.48. The lowest BCUT2D eigenvalue weighted by molar-refractivity contribution is 0.00892. The summed E-state index contributed by atoms with van der Waals surface area (Å²) >= 11 is 0. The molecule has 154 valence electrons. The smallest absolute Gasteiger partial charge is 0.290 e. The molecule has 0 N–H and O–H groups in total. The fourth-order valence-electron chi connectivity index (χ4n) is 5.23. The highest BCUT2D eigenvalue weighted by Crippen LogP contribution is 2.44. The monoisotopic (exact) mass is 400 g/mol. The molecule has 3 aromatic rings. The van der Waals surface area contributed by atoms with Crippen LogP contribution in [-0.2, 0) is 18.4 Å². The van der Waals surface area contributed by atoms with Crippen LogP contribution in [0.1, 0.15) is 40.1 Å². The summed E-state index contributed by atoms with van der Waals surface area (Å²) in [5, 5.41) is 0. The molecule has 1 saturated heterocycles. The molecular weight excluding hydrogens is 372 g/mol. The second kappa shape index (κ2) is 8.11. The van der Waals surface area contributed by atoms with Crippen LogP contribution in [0.4, 0.5) is 0 Å². The molecule has 1 spiro atoms. The second-order valence-corrected chi connectivity index (χ2v) is 8.45. The van der Waals surface area contributed by atoms with E-state index in [2.05, 4.69) is 64.4 Å². The molecule has 1 amide bonds. The van der Waals surface area contributed by atoms with Crippen LogP contribution in [0.25, 0.3) is 0 Å². The van der Waals surface area contributed by atoms with Crippen molar-refractivity contribution in [2.24, 2.45) is 0 Å². The second-order valence-electron chi connectivity index (χ2n) is 8.45. The Hall–Kier alpha value is -2.85. The SMILES string of the molecule is O=C(c1ccco1)N1CCc2ccccc2C12CCN(CCc1ccccc1)CC2. The van der Waals surface area contributed by atoms with Crippen molar-refractivity contribution in [1.29, 1.82) is 0 Å². The van der Waals surface area contributed by atoms with Crippen molar-refractivity contribution in [3.63, 3.8) is 0 Å². The lowest BCUT2D eigenvalue weighted by Gasteiger charge is -2.52. The van der Waals surface area contributed by atoms with E-state index in [0.717, 1.165) is 51.9 Å². The first-order valence-electron chi connectivity index (χ1n) is 11.0. The van der Waals surface area contributed by atoms with Gasteiger partial charge in [0.15, 0.2) is 5.76 Å². The molecule has 0 bridgehead atoms. The fraction of sp³-hybridized carbons (Fsp3) is 0.346. The van der Waals surface area contributed by atoms with Crippen LogP contribution in [0.3, 0.4) is 0 Å². The number of fused-ring (bicyclic) bond motifs is 2. The van der Waals surface area contributed by atoms with Crippen molar-refractivity contribution in [1.82, 2.24) is 9.80 Å². The number of hydrogen-bond donors (Lipinski definition) is 0. The van der Waals surface area contributed by atoms with E-state index >= 15 is 0 Å². The van der Waals surface area contributed by atoms with E-state index in [0.29, 0.717) is 5.76 Å². The number of amides is 1. The Bertz CT molecular complexity index is 989. The number of likely N-dealkylation sites (tertiary alicyclic amines) is 1. The first kappa shape index (κ1) is 19.1. The predicted octanol–water partition coefficient (Wildman–Crippen LogP) is 4.51. The van der Waals surface area contributed by atoms with Gasteiger partial charge in [-0.1, -0.05) is 54.6 Å². The van der Waals surface area contributed by atoms with Crippen LogP contribution < -0.4 is 0 Å². The molecular formula is C26H28N2O2. The fourth-order valence-corrected chi connectivity index (χ4v) is 5.23. The van der Waals surface area contributed by atoms with Gasteiger partial charge in [-0.15, -0.1) is 0 Å². The van der Waals surface area contributed by atoms with Gasteiger partial charge in [0.05, 0.1) is 11.8 Å². The Morgan fingerprint density at radius 2 is 1.67 bits per heavy atom. The third-order valence-electron chi connectivity index (χ3n) is 6.86. The van der Waals surface area contributed by atoms with Crippen LogP contribution in [0.5, 0.6) is 0 Å². The number of benzene rings is 2. The summed E-state index contributed by atoms with van der Waals surface area (Å²) in [6.45, 7) is 3.82. The van der Waals surface area contributed by atoms with Crippen molar-refractivity contribution in [2.45, 2.75) is 31.2 Å². The molecule has 2 aromatic carbocycles. The van der Waals surface area contributed by atoms with Crippen molar-refractivity contribution in [3.05, 3.63) is 95.4 Å². The Labute approximate surface area is 178 Å². The van der Waals surface area contributed by atoms with Crippen molar-refractivity contribution in [3.8, 4) is 0 Å². The van der Waals surface area contributed by atoms with Gasteiger partial charge >= 0.3 is 0 Å². The maximum Gasteiger partial charge on any atom is 0.290 e. The summed E-state index contributed by atoms with van der Waals surface area (Å²) in [6, 6.07) is 23.0. The van der Waals surface area contributed by atoms with E-state index in [1.54, 1.807) is 18.4 Å². The topological polar surface area (TPSA) is 36.7 Å². The largest absolute Gasteiger partial charge is 0.459 e. The van der Waals surface area contributed by atoms with Crippen molar-refractivity contribution >= 4 is 5.91 Å².